The zero-order valence-corrected chi connectivity index (χ0v) is 12.2. The van der Waals surface area contributed by atoms with Gasteiger partial charge in [-0.05, 0) is 32.9 Å². The molecule has 1 fully saturated rings. The van der Waals surface area contributed by atoms with Crippen molar-refractivity contribution < 1.29 is 13.3 Å². The van der Waals surface area contributed by atoms with Crippen molar-refractivity contribution in [2.45, 2.75) is 31.2 Å². The summed E-state index contributed by atoms with van der Waals surface area (Å²) < 4.78 is 26.6. The zero-order chi connectivity index (χ0) is 13.6. The first-order valence-corrected chi connectivity index (χ1v) is 7.57. The maximum Gasteiger partial charge on any atom is 0.247 e. The predicted octanol–water partition coefficient (Wildman–Crippen LogP) is 0.250. The Morgan fingerprint density at radius 1 is 1.22 bits per heavy atom. The van der Waals surface area contributed by atoms with E-state index in [1.54, 1.807) is 16.4 Å². The highest BCUT2D eigenvalue weighted by atomic mass is 32.2. The number of benzene rings is 1. The first kappa shape index (κ1) is 13.5. The largest absolute Gasteiger partial charge is 0.319 e. The lowest BCUT2D eigenvalue weighted by Gasteiger charge is -2.21. The molecule has 1 aromatic rings. The molecule has 0 aliphatic carbocycles. The van der Waals surface area contributed by atoms with Gasteiger partial charge in [0.15, 0.2) is 0 Å². The van der Waals surface area contributed by atoms with Gasteiger partial charge in [0.2, 0.25) is 10.0 Å². The lowest BCUT2D eigenvalue weighted by Crippen LogP contribution is -3.15. The van der Waals surface area contributed by atoms with Crippen LogP contribution in [-0.4, -0.2) is 38.5 Å². The van der Waals surface area contributed by atoms with Crippen LogP contribution in [-0.2, 0) is 10.0 Å². The highest BCUT2D eigenvalue weighted by molar-refractivity contribution is 7.89. The second-order valence-electron chi connectivity index (χ2n) is 5.75. The second-order valence-corrected chi connectivity index (χ2v) is 7.69. The number of nitrogens with zero attached hydrogens (tertiary/aromatic N) is 1. The summed E-state index contributed by atoms with van der Waals surface area (Å²) in [4.78, 5) is 1.61. The molecule has 0 radical (unpaired) electrons. The Labute approximate surface area is 109 Å². The molecule has 1 aliphatic heterocycles. The molecule has 0 saturated carbocycles. The lowest BCUT2D eigenvalue weighted by molar-refractivity contribution is -0.917. The number of likely N-dealkylation sites (N-methyl/N-ethyl adjacent to an activating group) is 1. The summed E-state index contributed by atoms with van der Waals surface area (Å²) in [5, 5.41) is 0. The molecular weight excluding hydrogens is 248 g/mol. The number of hydrogen-bond donors (Lipinski definition) is 1. The third-order valence-electron chi connectivity index (χ3n) is 3.80. The van der Waals surface area contributed by atoms with Crippen molar-refractivity contribution in [1.29, 1.82) is 0 Å². The second kappa shape index (κ2) is 4.33. The molecule has 5 heteroatoms. The maximum absolute atomic E-state index is 12.5. The van der Waals surface area contributed by atoms with Gasteiger partial charge in [-0.1, -0.05) is 17.7 Å². The molecule has 1 aliphatic rings. The minimum absolute atomic E-state index is 0.0300. The Kier molecular flexibility index (Phi) is 3.25. The molecule has 0 aromatic heterocycles. The van der Waals surface area contributed by atoms with E-state index in [1.165, 1.54) is 4.90 Å². The van der Waals surface area contributed by atoms with Crippen LogP contribution in [0.5, 0.6) is 0 Å². The third kappa shape index (κ3) is 2.30. The molecule has 1 saturated heterocycles. The van der Waals surface area contributed by atoms with Gasteiger partial charge in [-0.2, -0.15) is 0 Å². The normalized spacial score (nSPS) is 24.3. The first-order chi connectivity index (χ1) is 8.23. The molecule has 1 heterocycles. The molecule has 0 amide bonds. The summed E-state index contributed by atoms with van der Waals surface area (Å²) in [7, 11) is -1.31. The van der Waals surface area contributed by atoms with Gasteiger partial charge in [0.1, 0.15) is 12.2 Å². The van der Waals surface area contributed by atoms with E-state index in [9.17, 15) is 8.42 Å². The van der Waals surface area contributed by atoms with Crippen LogP contribution in [0.25, 0.3) is 0 Å². The Morgan fingerprint density at radius 3 is 2.22 bits per heavy atom. The standard InChI is InChI=1S/C13H20N2O2S/c1-11-5-7-12(8-6-11)18(16,17)15-9-13(2,3)14(4)10-15/h5-8H,9-10H2,1-4H3/p+1. The van der Waals surface area contributed by atoms with Crippen molar-refractivity contribution in [2.75, 3.05) is 20.3 Å². The number of quaternary nitrogens is 1. The zero-order valence-electron chi connectivity index (χ0n) is 11.4. The van der Waals surface area contributed by atoms with Gasteiger partial charge in [0, 0.05) is 0 Å². The monoisotopic (exact) mass is 269 g/mol. The average Bonchev–Trinajstić information content (AvgIpc) is 2.55. The van der Waals surface area contributed by atoms with Crippen LogP contribution < -0.4 is 4.90 Å². The minimum Gasteiger partial charge on any atom is -0.319 e. The van der Waals surface area contributed by atoms with Gasteiger partial charge in [0.25, 0.3) is 0 Å². The Balaban J connectivity index is 2.31. The van der Waals surface area contributed by atoms with Gasteiger partial charge in [-0.15, -0.1) is 4.31 Å². The van der Waals surface area contributed by atoms with Gasteiger partial charge in [-0.3, -0.25) is 0 Å². The van der Waals surface area contributed by atoms with Gasteiger partial charge in [-0.25, -0.2) is 8.42 Å². The number of aryl methyl sites for hydroxylation is 1. The smallest absolute Gasteiger partial charge is 0.247 e. The van der Waals surface area contributed by atoms with E-state index < -0.39 is 10.0 Å². The fourth-order valence-corrected chi connectivity index (χ4v) is 3.77. The Bertz CT molecular complexity index is 535. The van der Waals surface area contributed by atoms with Crippen molar-refractivity contribution >= 4 is 10.0 Å². The van der Waals surface area contributed by atoms with Crippen LogP contribution in [0.15, 0.2) is 29.2 Å². The fraction of sp³-hybridized carbons (Fsp3) is 0.538. The highest BCUT2D eigenvalue weighted by Gasteiger charge is 2.44. The molecule has 1 N–H and O–H groups in total. The van der Waals surface area contributed by atoms with Crippen molar-refractivity contribution in [3.63, 3.8) is 0 Å². The molecule has 18 heavy (non-hydrogen) atoms. The quantitative estimate of drug-likeness (QED) is 0.836. The van der Waals surface area contributed by atoms with Crippen molar-refractivity contribution in [3.05, 3.63) is 29.8 Å². The number of hydrogen-bond acceptors (Lipinski definition) is 2. The molecule has 100 valence electrons. The summed E-state index contributed by atoms with van der Waals surface area (Å²) in [6, 6.07) is 7.05. The van der Waals surface area contributed by atoms with Gasteiger partial charge >= 0.3 is 0 Å². The molecule has 4 nitrogen and oxygen atoms in total. The van der Waals surface area contributed by atoms with E-state index in [-0.39, 0.29) is 5.54 Å². The van der Waals surface area contributed by atoms with Crippen LogP contribution in [0.4, 0.5) is 0 Å². The summed E-state index contributed by atoms with van der Waals surface area (Å²) >= 11 is 0. The Hall–Kier alpha value is -0.910. The summed E-state index contributed by atoms with van der Waals surface area (Å²) in [6.45, 7) is 7.23. The summed E-state index contributed by atoms with van der Waals surface area (Å²) in [6.07, 6.45) is 0. The molecule has 1 aromatic carbocycles. The Morgan fingerprint density at radius 2 is 1.78 bits per heavy atom. The van der Waals surface area contributed by atoms with E-state index in [4.69, 9.17) is 0 Å². The van der Waals surface area contributed by atoms with E-state index >= 15 is 0 Å². The van der Waals surface area contributed by atoms with Crippen molar-refractivity contribution in [1.82, 2.24) is 4.31 Å². The van der Waals surface area contributed by atoms with Crippen LogP contribution in [0.2, 0.25) is 0 Å². The number of rotatable bonds is 2. The summed E-state index contributed by atoms with van der Waals surface area (Å²) in [5.41, 5.74) is 1.04. The summed E-state index contributed by atoms with van der Waals surface area (Å²) in [5.74, 6) is 0. The topological polar surface area (TPSA) is 41.8 Å². The lowest BCUT2D eigenvalue weighted by atomic mass is 10.1. The average molecular weight is 269 g/mol. The highest BCUT2D eigenvalue weighted by Crippen LogP contribution is 2.19. The number of sulfonamides is 1. The molecule has 1 unspecified atom stereocenters. The maximum atomic E-state index is 12.5. The number of nitrogens with one attached hydrogen (secondary N) is 1. The van der Waals surface area contributed by atoms with Crippen LogP contribution in [0.3, 0.4) is 0 Å². The van der Waals surface area contributed by atoms with Crippen molar-refractivity contribution in [3.8, 4) is 0 Å². The molecular formula is C13H21N2O2S+. The predicted molar refractivity (Wildman–Crippen MR) is 70.9 cm³/mol. The van der Waals surface area contributed by atoms with E-state index in [0.29, 0.717) is 18.1 Å². The fourth-order valence-electron chi connectivity index (χ4n) is 2.14. The van der Waals surface area contributed by atoms with Crippen molar-refractivity contribution in [2.24, 2.45) is 0 Å². The van der Waals surface area contributed by atoms with Crippen LogP contribution in [0.1, 0.15) is 19.4 Å². The van der Waals surface area contributed by atoms with E-state index in [2.05, 4.69) is 13.8 Å². The SMILES string of the molecule is Cc1ccc(S(=O)(=O)N2C[NH+](C)C(C)(C)C2)cc1. The van der Waals surface area contributed by atoms with Gasteiger partial charge in [0.05, 0.1) is 18.5 Å². The molecule has 0 bridgehead atoms. The molecule has 1 atom stereocenters. The van der Waals surface area contributed by atoms with E-state index in [1.807, 2.05) is 26.1 Å². The van der Waals surface area contributed by atoms with E-state index in [0.717, 1.165) is 5.56 Å². The molecule has 2 rings (SSSR count). The van der Waals surface area contributed by atoms with Crippen LogP contribution in [0, 0.1) is 6.92 Å². The molecule has 0 spiro atoms. The third-order valence-corrected chi connectivity index (χ3v) is 5.61. The van der Waals surface area contributed by atoms with Gasteiger partial charge < -0.3 is 4.90 Å². The first-order valence-electron chi connectivity index (χ1n) is 6.13. The van der Waals surface area contributed by atoms with Crippen LogP contribution >= 0.6 is 0 Å². The minimum atomic E-state index is -3.35.